The topological polar surface area (TPSA) is 111 Å². The first-order valence-electron chi connectivity index (χ1n) is 18.8. The molecule has 0 fully saturated rings. The molecule has 282 valence electrons. The highest BCUT2D eigenvalue weighted by molar-refractivity contribution is 5.76. The minimum atomic E-state index is -0.889. The van der Waals surface area contributed by atoms with E-state index in [0.717, 1.165) is 44.8 Å². The Morgan fingerprint density at radius 1 is 0.571 bits per heavy atom. The van der Waals surface area contributed by atoms with E-state index < -0.39 is 22.3 Å². The highest BCUT2D eigenvalue weighted by Gasteiger charge is 2.60. The van der Waals surface area contributed by atoms with Gasteiger partial charge in [-0.2, -0.15) is 0 Å². The van der Waals surface area contributed by atoms with E-state index in [-0.39, 0.29) is 21.2 Å². The molecule has 0 amide bonds. The lowest BCUT2D eigenvalue weighted by atomic mass is 9.76. The van der Waals surface area contributed by atoms with Crippen molar-refractivity contribution in [1.29, 1.82) is 0 Å². The Kier molecular flexibility index (Phi) is 7.59. The van der Waals surface area contributed by atoms with E-state index in [9.17, 15) is 20.2 Å². The van der Waals surface area contributed by atoms with Gasteiger partial charge in [0.1, 0.15) is 11.5 Å². The predicted octanol–water partition coefficient (Wildman–Crippen LogP) is 10.3. The fraction of sp³-hybridized carbons (Fsp3) is 0.261. The fourth-order valence-corrected chi connectivity index (χ4v) is 9.46. The molecule has 4 aliphatic heterocycles. The van der Waals surface area contributed by atoms with Crippen molar-refractivity contribution in [3.05, 3.63) is 174 Å². The standard InChI is InChI=1S/C46H42N4O6/c1-29-23-35(49(51)52)25-33-19-21-45(55-41(29)33)43(3,4)37-11-7-9-13-39(37)47(45)27-31-15-17-32(18-16-31)28-48-40-14-10-8-12-38(40)44(5,6)46(48)22-20-34-26-36(50(53)54)24-30(2)42(34)56-46/h7-26H,27-28H2,1-6H3. The van der Waals surface area contributed by atoms with Gasteiger partial charge < -0.3 is 19.3 Å². The van der Waals surface area contributed by atoms with Crippen molar-refractivity contribution in [3.63, 3.8) is 0 Å². The number of ether oxygens (including phenoxy) is 2. The number of rotatable bonds is 6. The summed E-state index contributed by atoms with van der Waals surface area (Å²) < 4.78 is 14.1. The molecule has 2 spiro atoms. The molecule has 9 rings (SSSR count). The van der Waals surface area contributed by atoms with E-state index in [1.807, 2.05) is 38.1 Å². The first kappa shape index (κ1) is 35.3. The van der Waals surface area contributed by atoms with Crippen LogP contribution in [0.25, 0.3) is 12.2 Å². The minimum Gasteiger partial charge on any atom is -0.462 e. The third kappa shape index (κ3) is 4.87. The molecular formula is C46H42N4O6. The van der Waals surface area contributed by atoms with Crippen molar-refractivity contribution in [3.8, 4) is 11.5 Å². The summed E-state index contributed by atoms with van der Waals surface area (Å²) >= 11 is 0. The highest BCUT2D eigenvalue weighted by Crippen LogP contribution is 2.58. The van der Waals surface area contributed by atoms with Gasteiger partial charge in [0.25, 0.3) is 11.4 Å². The number of nitro benzene ring substituents is 2. The molecule has 2 atom stereocenters. The summed E-state index contributed by atoms with van der Waals surface area (Å²) in [4.78, 5) is 27.2. The number of nitro groups is 2. The zero-order valence-electron chi connectivity index (χ0n) is 32.2. The van der Waals surface area contributed by atoms with Crippen LogP contribution < -0.4 is 19.3 Å². The van der Waals surface area contributed by atoms with Crippen LogP contribution in [0.3, 0.4) is 0 Å². The zero-order valence-corrected chi connectivity index (χ0v) is 32.2. The largest absolute Gasteiger partial charge is 0.462 e. The van der Waals surface area contributed by atoms with E-state index in [2.05, 4.69) is 110 Å². The van der Waals surface area contributed by atoms with E-state index >= 15 is 0 Å². The smallest absolute Gasteiger partial charge is 0.270 e. The molecular weight excluding hydrogens is 705 g/mol. The van der Waals surface area contributed by atoms with Gasteiger partial charge in [-0.3, -0.25) is 20.2 Å². The van der Waals surface area contributed by atoms with Gasteiger partial charge in [-0.15, -0.1) is 0 Å². The van der Waals surface area contributed by atoms with Gasteiger partial charge in [0.05, 0.1) is 20.7 Å². The second-order valence-electron chi connectivity index (χ2n) is 16.4. The number of aryl methyl sites for hydroxylation is 2. The molecule has 10 nitrogen and oxygen atoms in total. The number of fused-ring (bicyclic) bond motifs is 4. The molecule has 4 aliphatic rings. The number of para-hydroxylation sites is 2. The van der Waals surface area contributed by atoms with Crippen LogP contribution >= 0.6 is 0 Å². The quantitative estimate of drug-likeness (QED) is 0.125. The first-order chi connectivity index (χ1) is 26.7. The van der Waals surface area contributed by atoms with E-state index in [1.54, 1.807) is 24.3 Å². The van der Waals surface area contributed by atoms with Crippen LogP contribution in [0.1, 0.15) is 72.2 Å². The molecule has 0 bridgehead atoms. The molecule has 5 aromatic carbocycles. The Balaban J connectivity index is 1.06. The maximum Gasteiger partial charge on any atom is 0.270 e. The molecule has 4 heterocycles. The molecule has 0 aromatic heterocycles. The molecule has 2 unspecified atom stereocenters. The van der Waals surface area contributed by atoms with Gasteiger partial charge in [-0.1, -0.05) is 60.7 Å². The molecule has 0 saturated carbocycles. The highest BCUT2D eigenvalue weighted by atomic mass is 16.6. The summed E-state index contributed by atoms with van der Waals surface area (Å²) in [5, 5.41) is 23.3. The lowest BCUT2D eigenvalue weighted by Crippen LogP contribution is -2.59. The van der Waals surface area contributed by atoms with E-state index in [0.29, 0.717) is 35.7 Å². The van der Waals surface area contributed by atoms with Crippen molar-refractivity contribution < 1.29 is 19.3 Å². The Morgan fingerprint density at radius 3 is 1.32 bits per heavy atom. The van der Waals surface area contributed by atoms with Gasteiger partial charge in [0.15, 0.2) is 0 Å². The van der Waals surface area contributed by atoms with Crippen LogP contribution in [0.5, 0.6) is 11.5 Å². The molecule has 0 saturated heterocycles. The molecule has 0 aliphatic carbocycles. The van der Waals surface area contributed by atoms with Crippen LogP contribution in [0.15, 0.2) is 109 Å². The second-order valence-corrected chi connectivity index (χ2v) is 16.4. The van der Waals surface area contributed by atoms with Gasteiger partial charge >= 0.3 is 0 Å². The first-order valence-corrected chi connectivity index (χ1v) is 18.8. The molecule has 10 heteroatoms. The lowest BCUT2D eigenvalue weighted by molar-refractivity contribution is -0.385. The van der Waals surface area contributed by atoms with Crippen LogP contribution in [0.2, 0.25) is 0 Å². The lowest BCUT2D eigenvalue weighted by Gasteiger charge is -2.47. The van der Waals surface area contributed by atoms with Crippen molar-refractivity contribution in [2.45, 2.75) is 76.9 Å². The van der Waals surface area contributed by atoms with Gasteiger partial charge in [0, 0.05) is 59.9 Å². The summed E-state index contributed by atoms with van der Waals surface area (Å²) in [6.07, 6.45) is 8.07. The van der Waals surface area contributed by atoms with Gasteiger partial charge in [-0.25, -0.2) is 0 Å². The number of benzene rings is 5. The average molecular weight is 747 g/mol. The van der Waals surface area contributed by atoms with E-state index in [4.69, 9.17) is 9.47 Å². The molecule has 0 N–H and O–H groups in total. The Morgan fingerprint density at radius 2 is 0.946 bits per heavy atom. The predicted molar refractivity (Wildman–Crippen MR) is 218 cm³/mol. The van der Waals surface area contributed by atoms with Crippen molar-refractivity contribution in [2.24, 2.45) is 0 Å². The summed E-state index contributed by atoms with van der Waals surface area (Å²) in [7, 11) is 0. The number of hydrogen-bond acceptors (Lipinski definition) is 8. The number of nitrogens with zero attached hydrogens (tertiary/aromatic N) is 4. The zero-order chi connectivity index (χ0) is 39.4. The van der Waals surface area contributed by atoms with Crippen LogP contribution in [-0.2, 0) is 23.9 Å². The minimum absolute atomic E-state index is 0.0422. The maximum absolute atomic E-state index is 11.7. The van der Waals surface area contributed by atoms with Crippen LogP contribution in [0, 0.1) is 34.1 Å². The Bertz CT molecular complexity index is 2380. The average Bonchev–Trinajstić information content (AvgIpc) is 3.46. The summed E-state index contributed by atoms with van der Waals surface area (Å²) in [5.41, 5.74) is 6.88. The maximum atomic E-state index is 11.7. The number of hydrogen-bond donors (Lipinski definition) is 0. The molecule has 0 radical (unpaired) electrons. The van der Waals surface area contributed by atoms with Crippen LogP contribution in [-0.4, -0.2) is 21.3 Å². The number of non-ortho nitro benzene ring substituents is 2. The summed E-state index contributed by atoms with van der Waals surface area (Å²) in [6.45, 7) is 13.6. The third-order valence-corrected chi connectivity index (χ3v) is 12.5. The monoisotopic (exact) mass is 746 g/mol. The van der Waals surface area contributed by atoms with E-state index in [1.165, 1.54) is 0 Å². The molecule has 5 aromatic rings. The van der Waals surface area contributed by atoms with Crippen LogP contribution in [0.4, 0.5) is 22.7 Å². The van der Waals surface area contributed by atoms with Crippen molar-refractivity contribution >= 4 is 34.9 Å². The molecule has 56 heavy (non-hydrogen) atoms. The SMILES string of the molecule is Cc1cc([N+](=O)[O-])cc2c1OC1(C=C2)N(Cc2ccc(CN3c4ccccc4C(C)(C)C34C=Cc3cc([N+](=O)[O-])cc(C)c3O4)cc2)c2ccccc2C1(C)C. The summed E-state index contributed by atoms with van der Waals surface area (Å²) in [6, 6.07) is 31.8. The number of anilines is 2. The third-order valence-electron chi connectivity index (χ3n) is 12.5. The van der Waals surface area contributed by atoms with Crippen molar-refractivity contribution in [2.75, 3.05) is 9.80 Å². The summed E-state index contributed by atoms with van der Waals surface area (Å²) in [5.74, 6) is 1.30. The Labute approximate surface area is 325 Å². The van der Waals surface area contributed by atoms with Gasteiger partial charge in [-0.05, 0) is 111 Å². The Hall–Kier alpha value is -6.42. The van der Waals surface area contributed by atoms with Crippen molar-refractivity contribution in [1.82, 2.24) is 0 Å². The van der Waals surface area contributed by atoms with Gasteiger partial charge in [0.2, 0.25) is 11.4 Å². The second kappa shape index (κ2) is 12.0. The fourth-order valence-electron chi connectivity index (χ4n) is 9.46. The normalized spacial score (nSPS) is 21.6.